The molecule has 94 valence electrons. The first-order valence-corrected chi connectivity index (χ1v) is 6.14. The smallest absolute Gasteiger partial charge is 0.168 e. The highest BCUT2D eigenvalue weighted by atomic mass is 19.1. The molecule has 1 aromatic carbocycles. The summed E-state index contributed by atoms with van der Waals surface area (Å²) in [7, 11) is 1.45. The zero-order valence-electron chi connectivity index (χ0n) is 10.4. The molecule has 1 unspecified atom stereocenters. The van der Waals surface area contributed by atoms with E-state index in [4.69, 9.17) is 4.74 Å². The van der Waals surface area contributed by atoms with Gasteiger partial charge in [-0.05, 0) is 36.8 Å². The van der Waals surface area contributed by atoms with Gasteiger partial charge in [-0.25, -0.2) is 4.39 Å². The van der Waals surface area contributed by atoms with Gasteiger partial charge in [0.1, 0.15) is 0 Å². The largest absolute Gasteiger partial charge is 0.494 e. The molecule has 1 atom stereocenters. The van der Waals surface area contributed by atoms with Crippen LogP contribution in [0, 0.1) is 11.7 Å². The van der Waals surface area contributed by atoms with Crippen molar-refractivity contribution in [1.82, 2.24) is 0 Å². The molecule has 3 heteroatoms. The molecule has 2 rings (SSSR count). The highest BCUT2D eigenvalue weighted by Gasteiger charge is 2.42. The first-order valence-electron chi connectivity index (χ1n) is 6.14. The second-order valence-corrected chi connectivity index (χ2v) is 4.84. The van der Waals surface area contributed by atoms with Gasteiger partial charge in [0.05, 0.1) is 12.7 Å². The highest BCUT2D eigenvalue weighted by molar-refractivity contribution is 5.32. The van der Waals surface area contributed by atoms with Gasteiger partial charge in [0.15, 0.2) is 11.6 Å². The van der Waals surface area contributed by atoms with Crippen LogP contribution in [0.3, 0.4) is 0 Å². The van der Waals surface area contributed by atoms with E-state index in [1.165, 1.54) is 7.11 Å². The maximum absolute atomic E-state index is 14.0. The van der Waals surface area contributed by atoms with E-state index in [-0.39, 0.29) is 11.6 Å². The molecule has 0 saturated heterocycles. The van der Waals surface area contributed by atoms with E-state index in [1.807, 2.05) is 6.92 Å². The summed E-state index contributed by atoms with van der Waals surface area (Å²) in [5.41, 5.74) is -0.215. The molecule has 1 N–H and O–H groups in total. The Morgan fingerprint density at radius 2 is 2.18 bits per heavy atom. The molecular weight excluding hydrogens is 219 g/mol. The van der Waals surface area contributed by atoms with Gasteiger partial charge in [-0.3, -0.25) is 0 Å². The number of hydrogen-bond acceptors (Lipinski definition) is 2. The predicted molar refractivity (Wildman–Crippen MR) is 64.6 cm³/mol. The summed E-state index contributed by atoms with van der Waals surface area (Å²) >= 11 is 0. The Morgan fingerprint density at radius 1 is 1.47 bits per heavy atom. The standard InChI is InChI=1S/C14H19FO2/c1-3-14(16,11-7-8-11)9-10-5-4-6-12(17-2)13(10)15/h4-6,11,16H,3,7-9H2,1-2H3. The lowest BCUT2D eigenvalue weighted by Crippen LogP contribution is -2.33. The zero-order chi connectivity index (χ0) is 12.5. The Balaban J connectivity index is 2.22. The lowest BCUT2D eigenvalue weighted by Gasteiger charge is -2.27. The quantitative estimate of drug-likeness (QED) is 0.854. The second kappa shape index (κ2) is 4.65. The van der Waals surface area contributed by atoms with Gasteiger partial charge in [0.25, 0.3) is 0 Å². The Hall–Kier alpha value is -1.09. The summed E-state index contributed by atoms with van der Waals surface area (Å²) < 4.78 is 18.9. The van der Waals surface area contributed by atoms with Crippen molar-refractivity contribution in [3.8, 4) is 5.75 Å². The van der Waals surface area contributed by atoms with Crippen molar-refractivity contribution in [2.75, 3.05) is 7.11 Å². The molecule has 0 spiro atoms. The van der Waals surface area contributed by atoms with Crippen LogP contribution >= 0.6 is 0 Å². The fourth-order valence-electron chi connectivity index (χ4n) is 2.36. The molecule has 2 nitrogen and oxygen atoms in total. The Bertz CT molecular complexity index is 401. The van der Waals surface area contributed by atoms with Crippen LogP contribution in [0.5, 0.6) is 5.75 Å². The van der Waals surface area contributed by atoms with Gasteiger partial charge in [0.2, 0.25) is 0 Å². The van der Waals surface area contributed by atoms with Crippen molar-refractivity contribution in [2.45, 2.75) is 38.2 Å². The molecule has 0 heterocycles. The van der Waals surface area contributed by atoms with Crippen LogP contribution in [0.4, 0.5) is 4.39 Å². The number of benzene rings is 1. The molecule has 0 aliphatic heterocycles. The van der Waals surface area contributed by atoms with Gasteiger partial charge >= 0.3 is 0 Å². The first kappa shape index (κ1) is 12.4. The van der Waals surface area contributed by atoms with Crippen molar-refractivity contribution in [3.63, 3.8) is 0 Å². The van der Waals surface area contributed by atoms with Gasteiger partial charge in [-0.2, -0.15) is 0 Å². The molecule has 0 radical (unpaired) electrons. The lowest BCUT2D eigenvalue weighted by atomic mass is 9.87. The molecular formula is C14H19FO2. The molecule has 1 fully saturated rings. The SMILES string of the molecule is CCC(O)(Cc1cccc(OC)c1F)C1CC1. The van der Waals surface area contributed by atoms with Crippen molar-refractivity contribution in [2.24, 2.45) is 5.92 Å². The lowest BCUT2D eigenvalue weighted by molar-refractivity contribution is 0.0131. The van der Waals surface area contributed by atoms with E-state index in [9.17, 15) is 9.50 Å². The van der Waals surface area contributed by atoms with E-state index in [0.717, 1.165) is 12.8 Å². The van der Waals surface area contributed by atoms with E-state index >= 15 is 0 Å². The number of ether oxygens (including phenoxy) is 1. The monoisotopic (exact) mass is 238 g/mol. The maximum Gasteiger partial charge on any atom is 0.168 e. The topological polar surface area (TPSA) is 29.5 Å². The second-order valence-electron chi connectivity index (χ2n) is 4.84. The molecule has 1 aliphatic carbocycles. The molecule has 0 bridgehead atoms. The minimum Gasteiger partial charge on any atom is -0.494 e. The summed E-state index contributed by atoms with van der Waals surface area (Å²) in [5.74, 6) is 0.234. The van der Waals surface area contributed by atoms with E-state index in [0.29, 0.717) is 24.3 Å². The molecule has 1 aliphatic rings. The summed E-state index contributed by atoms with van der Waals surface area (Å²) in [5, 5.41) is 10.5. The number of halogens is 1. The fraction of sp³-hybridized carbons (Fsp3) is 0.571. The van der Waals surface area contributed by atoms with Crippen LogP contribution in [0.25, 0.3) is 0 Å². The normalized spacial score (nSPS) is 18.8. The molecule has 17 heavy (non-hydrogen) atoms. The van der Waals surface area contributed by atoms with Crippen LogP contribution in [0.2, 0.25) is 0 Å². The van der Waals surface area contributed by atoms with Crippen LogP contribution in [0.1, 0.15) is 31.7 Å². The average Bonchev–Trinajstić information content (AvgIpc) is 3.16. The Labute approximate surface area is 101 Å². The third-order valence-electron chi connectivity index (χ3n) is 3.71. The van der Waals surface area contributed by atoms with Crippen molar-refractivity contribution >= 4 is 0 Å². The minimum absolute atomic E-state index is 0.247. The summed E-state index contributed by atoms with van der Waals surface area (Å²) in [6.45, 7) is 1.95. The Kier molecular flexibility index (Phi) is 3.38. The zero-order valence-corrected chi connectivity index (χ0v) is 10.4. The molecule has 1 aromatic rings. The van der Waals surface area contributed by atoms with E-state index < -0.39 is 5.60 Å². The van der Waals surface area contributed by atoms with Crippen molar-refractivity contribution in [3.05, 3.63) is 29.6 Å². The minimum atomic E-state index is -0.757. The summed E-state index contributed by atoms with van der Waals surface area (Å²) in [6.07, 6.45) is 3.14. The fourth-order valence-corrected chi connectivity index (χ4v) is 2.36. The van der Waals surface area contributed by atoms with Crippen molar-refractivity contribution < 1.29 is 14.2 Å². The van der Waals surface area contributed by atoms with Gasteiger partial charge < -0.3 is 9.84 Å². The number of methoxy groups -OCH3 is 1. The average molecular weight is 238 g/mol. The Morgan fingerprint density at radius 3 is 2.71 bits per heavy atom. The van der Waals surface area contributed by atoms with Gasteiger partial charge in [-0.1, -0.05) is 19.1 Å². The van der Waals surface area contributed by atoms with Crippen molar-refractivity contribution in [1.29, 1.82) is 0 Å². The van der Waals surface area contributed by atoms with Crippen LogP contribution < -0.4 is 4.74 Å². The van der Waals surface area contributed by atoms with Crippen LogP contribution in [-0.2, 0) is 6.42 Å². The predicted octanol–water partition coefficient (Wildman–Crippen LogP) is 2.93. The van der Waals surface area contributed by atoms with Crippen LogP contribution in [-0.4, -0.2) is 17.8 Å². The van der Waals surface area contributed by atoms with Gasteiger partial charge in [0, 0.05) is 6.42 Å². The van der Waals surface area contributed by atoms with E-state index in [1.54, 1.807) is 18.2 Å². The van der Waals surface area contributed by atoms with Gasteiger partial charge in [-0.15, -0.1) is 0 Å². The third kappa shape index (κ3) is 2.44. The van der Waals surface area contributed by atoms with Crippen LogP contribution in [0.15, 0.2) is 18.2 Å². The number of aliphatic hydroxyl groups is 1. The highest BCUT2D eigenvalue weighted by Crippen LogP contribution is 2.43. The number of hydrogen-bond donors (Lipinski definition) is 1. The summed E-state index contributed by atoms with van der Waals surface area (Å²) in [6, 6.07) is 5.09. The summed E-state index contributed by atoms with van der Waals surface area (Å²) in [4.78, 5) is 0. The number of rotatable bonds is 5. The third-order valence-corrected chi connectivity index (χ3v) is 3.71. The van der Waals surface area contributed by atoms with E-state index in [2.05, 4.69) is 0 Å². The molecule has 0 aromatic heterocycles. The molecule has 1 saturated carbocycles. The maximum atomic E-state index is 14.0. The molecule has 0 amide bonds. The first-order chi connectivity index (χ1) is 8.10.